The van der Waals surface area contributed by atoms with Gasteiger partial charge in [0.05, 0.1) is 30.1 Å². The number of para-hydroxylation sites is 1. The predicted octanol–water partition coefficient (Wildman–Crippen LogP) is 2.53. The lowest BCUT2D eigenvalue weighted by atomic mass is 9.73. The van der Waals surface area contributed by atoms with E-state index in [0.29, 0.717) is 19.5 Å². The van der Waals surface area contributed by atoms with E-state index >= 15 is 0 Å². The molecule has 1 N–H and O–H groups in total. The fourth-order valence-corrected chi connectivity index (χ4v) is 6.71. The van der Waals surface area contributed by atoms with Crippen LogP contribution in [0.5, 0.6) is 0 Å². The van der Waals surface area contributed by atoms with Crippen LogP contribution in [0, 0.1) is 11.8 Å². The number of hydrogen-bond donors (Lipinski definition) is 1. The third kappa shape index (κ3) is 3.60. The number of aliphatic hydroxyl groups excluding tert-OH is 1. The number of likely N-dealkylation sites (tertiary alicyclic amines) is 1. The zero-order valence-corrected chi connectivity index (χ0v) is 22.3. The number of anilines is 1. The third-order valence-corrected chi connectivity index (χ3v) is 8.49. The van der Waals surface area contributed by atoms with Gasteiger partial charge in [-0.15, -0.1) is 0 Å². The van der Waals surface area contributed by atoms with Crippen molar-refractivity contribution in [2.45, 2.75) is 69.9 Å². The van der Waals surface area contributed by atoms with E-state index in [0.717, 1.165) is 5.69 Å². The second kappa shape index (κ2) is 8.81. The maximum absolute atomic E-state index is 14.4. The Kier molecular flexibility index (Phi) is 6.11. The number of amides is 3. The molecule has 4 aliphatic heterocycles. The highest BCUT2D eigenvalue weighted by molar-refractivity contribution is 6.04. The van der Waals surface area contributed by atoms with Gasteiger partial charge in [-0.25, -0.2) is 0 Å². The molecule has 4 aliphatic rings. The molecule has 0 bridgehead atoms. The largest absolute Gasteiger partial charge is 0.394 e. The summed E-state index contributed by atoms with van der Waals surface area (Å²) in [6, 6.07) is 7.83. The van der Waals surface area contributed by atoms with Crippen LogP contribution in [0.25, 0.3) is 0 Å². The van der Waals surface area contributed by atoms with Crippen LogP contribution in [0.3, 0.4) is 0 Å². The first kappa shape index (κ1) is 25.7. The van der Waals surface area contributed by atoms with E-state index < -0.39 is 40.7 Å². The van der Waals surface area contributed by atoms with Crippen molar-refractivity contribution in [3.05, 3.63) is 54.6 Å². The number of benzene rings is 1. The van der Waals surface area contributed by atoms with Gasteiger partial charge in [0.2, 0.25) is 17.7 Å². The maximum Gasteiger partial charge on any atom is 0.249 e. The molecule has 1 unspecified atom stereocenters. The summed E-state index contributed by atoms with van der Waals surface area (Å²) in [5, 5.41) is 10.1. The molecule has 1 aromatic rings. The summed E-state index contributed by atoms with van der Waals surface area (Å²) in [6.45, 7) is 10.0. The predicted molar refractivity (Wildman–Crippen MR) is 140 cm³/mol. The highest BCUT2D eigenvalue weighted by atomic mass is 16.5. The van der Waals surface area contributed by atoms with Crippen molar-refractivity contribution in [1.29, 1.82) is 0 Å². The first-order valence-corrected chi connectivity index (χ1v) is 13.2. The second-order valence-corrected chi connectivity index (χ2v) is 11.6. The van der Waals surface area contributed by atoms with E-state index in [1.54, 1.807) is 16.7 Å². The van der Waals surface area contributed by atoms with Gasteiger partial charge in [-0.1, -0.05) is 49.4 Å². The van der Waals surface area contributed by atoms with Crippen LogP contribution in [-0.2, 0) is 19.1 Å². The van der Waals surface area contributed by atoms with Crippen LogP contribution >= 0.6 is 0 Å². The third-order valence-electron chi connectivity index (χ3n) is 8.49. The zero-order valence-electron chi connectivity index (χ0n) is 22.3. The Labute approximate surface area is 218 Å². The number of rotatable bonds is 4. The Hall–Kier alpha value is -2.97. The molecule has 4 heterocycles. The molecular weight excluding hydrogens is 470 g/mol. The van der Waals surface area contributed by atoms with Gasteiger partial charge in [0.25, 0.3) is 0 Å². The molecule has 8 nitrogen and oxygen atoms in total. The van der Waals surface area contributed by atoms with Gasteiger partial charge in [-0.3, -0.25) is 14.4 Å². The highest BCUT2D eigenvalue weighted by Crippen LogP contribution is 2.59. The standard InChI is InChI=1S/C29H37N3O5/c1-6-28-14-10-16-30(20-12-8-7-9-13-20)24(34)21(28)22-25(35)32(19(2)18-33)23-26(36)31(27(3,4)5)17-11-15-29(22,23)37-28/h7-15,19,21-23,33H,6,16-18H2,1-5H3/t19-,21-,22+,23?,28+,29+/m1/s1. The lowest BCUT2D eigenvalue weighted by Crippen LogP contribution is -2.60. The highest BCUT2D eigenvalue weighted by Gasteiger charge is 2.76. The molecule has 5 rings (SSSR count). The summed E-state index contributed by atoms with van der Waals surface area (Å²) >= 11 is 0. The number of carbonyl (C=O) groups is 3. The monoisotopic (exact) mass is 507 g/mol. The Bertz CT molecular complexity index is 1160. The Morgan fingerprint density at radius 1 is 1.00 bits per heavy atom. The minimum absolute atomic E-state index is 0.191. The van der Waals surface area contributed by atoms with Gasteiger partial charge in [-0.05, 0) is 46.2 Å². The first-order valence-electron chi connectivity index (χ1n) is 13.2. The summed E-state index contributed by atoms with van der Waals surface area (Å²) in [5.41, 5.74) is -2.10. The molecule has 3 amide bonds. The SMILES string of the molecule is CC[C@]12C=CCN(c3ccccc3)C(=O)[C@H]1[C@H]1C(=O)N([C@H](C)CO)C3C(=O)N(C(C)(C)C)CC=C[C@@]31O2. The number of nitrogens with zero attached hydrogens (tertiary/aromatic N) is 3. The number of fused-ring (bicyclic) bond motifs is 2. The van der Waals surface area contributed by atoms with E-state index in [1.165, 1.54) is 4.90 Å². The van der Waals surface area contributed by atoms with E-state index in [-0.39, 0.29) is 24.3 Å². The molecule has 0 aliphatic carbocycles. The van der Waals surface area contributed by atoms with Gasteiger partial charge < -0.3 is 24.5 Å². The number of ether oxygens (including phenoxy) is 1. The molecular formula is C29H37N3O5. The number of aliphatic hydroxyl groups is 1. The molecule has 1 aromatic carbocycles. The summed E-state index contributed by atoms with van der Waals surface area (Å²) in [6.07, 6.45) is 8.09. The topological polar surface area (TPSA) is 90.4 Å². The zero-order chi connectivity index (χ0) is 26.8. The van der Waals surface area contributed by atoms with Gasteiger partial charge in [-0.2, -0.15) is 0 Å². The fourth-order valence-electron chi connectivity index (χ4n) is 6.71. The molecule has 1 spiro atoms. The quantitative estimate of drug-likeness (QED) is 0.633. The summed E-state index contributed by atoms with van der Waals surface area (Å²) in [4.78, 5) is 47.8. The van der Waals surface area contributed by atoms with Gasteiger partial charge in [0.15, 0.2) is 0 Å². The van der Waals surface area contributed by atoms with E-state index in [9.17, 15) is 19.5 Å². The van der Waals surface area contributed by atoms with Crippen LogP contribution in [0.2, 0.25) is 0 Å². The summed E-state index contributed by atoms with van der Waals surface area (Å²) in [7, 11) is 0. The Balaban J connectivity index is 1.70. The lowest BCUT2D eigenvalue weighted by Gasteiger charge is -2.42. The van der Waals surface area contributed by atoms with Crippen LogP contribution in [0.4, 0.5) is 5.69 Å². The molecule has 2 saturated heterocycles. The molecule has 2 fully saturated rings. The van der Waals surface area contributed by atoms with Crippen molar-refractivity contribution >= 4 is 23.4 Å². The maximum atomic E-state index is 14.4. The van der Waals surface area contributed by atoms with Crippen molar-refractivity contribution in [3.63, 3.8) is 0 Å². The number of carbonyl (C=O) groups excluding carboxylic acids is 3. The molecule has 6 atom stereocenters. The van der Waals surface area contributed by atoms with Crippen molar-refractivity contribution in [2.75, 3.05) is 24.6 Å². The molecule has 0 radical (unpaired) electrons. The minimum atomic E-state index is -1.32. The van der Waals surface area contributed by atoms with Gasteiger partial charge >= 0.3 is 0 Å². The van der Waals surface area contributed by atoms with Gasteiger partial charge in [0.1, 0.15) is 11.6 Å². The normalized spacial score (nSPS) is 34.3. The fraction of sp³-hybridized carbons (Fsp3) is 0.552. The molecule has 0 aromatic heterocycles. The Morgan fingerprint density at radius 3 is 2.30 bits per heavy atom. The van der Waals surface area contributed by atoms with Crippen LogP contribution in [-0.4, -0.2) is 81.1 Å². The number of hydrogen-bond acceptors (Lipinski definition) is 5. The second-order valence-electron chi connectivity index (χ2n) is 11.6. The Morgan fingerprint density at radius 2 is 1.68 bits per heavy atom. The molecule has 0 saturated carbocycles. The van der Waals surface area contributed by atoms with Crippen molar-refractivity contribution in [2.24, 2.45) is 11.8 Å². The average molecular weight is 508 g/mol. The molecule has 198 valence electrons. The summed E-state index contributed by atoms with van der Waals surface area (Å²) < 4.78 is 6.95. The average Bonchev–Trinajstić information content (AvgIpc) is 3.16. The summed E-state index contributed by atoms with van der Waals surface area (Å²) in [5.74, 6) is -2.46. The molecule has 8 heteroatoms. The minimum Gasteiger partial charge on any atom is -0.394 e. The van der Waals surface area contributed by atoms with E-state index in [1.807, 2.05) is 82.3 Å². The first-order chi connectivity index (χ1) is 17.5. The van der Waals surface area contributed by atoms with Crippen molar-refractivity contribution in [1.82, 2.24) is 9.80 Å². The van der Waals surface area contributed by atoms with Crippen LogP contribution < -0.4 is 4.90 Å². The lowest BCUT2D eigenvalue weighted by molar-refractivity contribution is -0.157. The van der Waals surface area contributed by atoms with Crippen LogP contribution in [0.15, 0.2) is 54.6 Å². The smallest absolute Gasteiger partial charge is 0.249 e. The van der Waals surface area contributed by atoms with Crippen molar-refractivity contribution < 1.29 is 24.2 Å². The molecule has 37 heavy (non-hydrogen) atoms. The van der Waals surface area contributed by atoms with Crippen molar-refractivity contribution in [3.8, 4) is 0 Å². The van der Waals surface area contributed by atoms with E-state index in [4.69, 9.17) is 4.74 Å². The van der Waals surface area contributed by atoms with E-state index in [2.05, 4.69) is 0 Å². The van der Waals surface area contributed by atoms with Gasteiger partial charge in [0, 0.05) is 24.3 Å². The van der Waals surface area contributed by atoms with Crippen LogP contribution in [0.1, 0.15) is 41.0 Å².